The van der Waals surface area contributed by atoms with E-state index in [1.807, 2.05) is 38.1 Å². The Morgan fingerprint density at radius 3 is 2.67 bits per heavy atom. The number of rotatable bonds is 5. The highest BCUT2D eigenvalue weighted by Gasteiger charge is 2.24. The molecule has 0 saturated carbocycles. The SMILES string of the molecule is CCOc1ccc(C=C2SC(=Nc3cc(C(=O)O)ccc3C)NC2=O)cc1. The van der Waals surface area contributed by atoms with Crippen LogP contribution in [0, 0.1) is 6.92 Å². The Morgan fingerprint density at radius 1 is 1.26 bits per heavy atom. The molecule has 138 valence electrons. The number of nitrogens with zero attached hydrogens (tertiary/aromatic N) is 1. The zero-order chi connectivity index (χ0) is 19.4. The van der Waals surface area contributed by atoms with Crippen LogP contribution in [0.5, 0.6) is 5.75 Å². The summed E-state index contributed by atoms with van der Waals surface area (Å²) in [5, 5.41) is 12.3. The molecule has 0 aliphatic carbocycles. The molecule has 0 bridgehead atoms. The minimum absolute atomic E-state index is 0.152. The molecule has 3 rings (SSSR count). The van der Waals surface area contributed by atoms with Crippen molar-refractivity contribution in [2.45, 2.75) is 13.8 Å². The number of aryl methyl sites for hydroxylation is 1. The Bertz CT molecular complexity index is 949. The number of carbonyl (C=O) groups is 2. The number of ether oxygens (including phenoxy) is 1. The molecule has 2 aromatic carbocycles. The largest absolute Gasteiger partial charge is 0.494 e. The lowest BCUT2D eigenvalue weighted by Gasteiger charge is -2.03. The number of amides is 1. The van der Waals surface area contributed by atoms with E-state index < -0.39 is 5.97 Å². The molecule has 0 atom stereocenters. The summed E-state index contributed by atoms with van der Waals surface area (Å²) < 4.78 is 5.41. The Labute approximate surface area is 161 Å². The zero-order valence-electron chi connectivity index (χ0n) is 14.9. The Hall–Kier alpha value is -3.06. The summed E-state index contributed by atoms with van der Waals surface area (Å²) in [7, 11) is 0. The van der Waals surface area contributed by atoms with Gasteiger partial charge in [-0.25, -0.2) is 9.79 Å². The number of aromatic carboxylic acids is 1. The number of hydrogen-bond acceptors (Lipinski definition) is 5. The van der Waals surface area contributed by atoms with Crippen molar-refractivity contribution in [1.29, 1.82) is 0 Å². The molecule has 0 aromatic heterocycles. The van der Waals surface area contributed by atoms with Crippen LogP contribution in [0.1, 0.15) is 28.4 Å². The molecule has 6 nitrogen and oxygen atoms in total. The van der Waals surface area contributed by atoms with E-state index >= 15 is 0 Å². The van der Waals surface area contributed by atoms with Gasteiger partial charge in [-0.15, -0.1) is 0 Å². The van der Waals surface area contributed by atoms with Crippen molar-refractivity contribution in [1.82, 2.24) is 5.32 Å². The summed E-state index contributed by atoms with van der Waals surface area (Å²) >= 11 is 1.22. The van der Waals surface area contributed by atoms with E-state index in [1.165, 1.54) is 23.9 Å². The normalized spacial score (nSPS) is 16.6. The quantitative estimate of drug-likeness (QED) is 0.764. The van der Waals surface area contributed by atoms with Crippen LogP contribution in [-0.4, -0.2) is 28.8 Å². The highest BCUT2D eigenvalue weighted by atomic mass is 32.2. The molecule has 7 heteroatoms. The van der Waals surface area contributed by atoms with E-state index in [0.717, 1.165) is 16.9 Å². The summed E-state index contributed by atoms with van der Waals surface area (Å²) in [6.45, 7) is 4.36. The smallest absolute Gasteiger partial charge is 0.335 e. The molecule has 1 heterocycles. The number of benzene rings is 2. The Morgan fingerprint density at radius 2 is 2.00 bits per heavy atom. The summed E-state index contributed by atoms with van der Waals surface area (Å²) in [4.78, 5) is 28.3. The number of carbonyl (C=O) groups excluding carboxylic acids is 1. The maximum absolute atomic E-state index is 12.2. The van der Waals surface area contributed by atoms with Crippen molar-refractivity contribution < 1.29 is 19.4 Å². The van der Waals surface area contributed by atoms with Gasteiger partial charge in [0.15, 0.2) is 5.17 Å². The molecule has 1 fully saturated rings. The lowest BCUT2D eigenvalue weighted by Crippen LogP contribution is -2.19. The predicted octanol–water partition coefficient (Wildman–Crippen LogP) is 3.98. The van der Waals surface area contributed by atoms with Crippen LogP contribution in [0.15, 0.2) is 52.4 Å². The molecule has 0 unspecified atom stereocenters. The van der Waals surface area contributed by atoms with E-state index in [-0.39, 0.29) is 11.5 Å². The monoisotopic (exact) mass is 382 g/mol. The molecule has 0 radical (unpaired) electrons. The van der Waals surface area contributed by atoms with Crippen molar-refractivity contribution >= 4 is 40.6 Å². The molecule has 1 aliphatic rings. The van der Waals surface area contributed by atoms with Gasteiger partial charge in [0, 0.05) is 0 Å². The molecule has 0 spiro atoms. The molecule has 1 saturated heterocycles. The van der Waals surface area contributed by atoms with Crippen LogP contribution in [0.3, 0.4) is 0 Å². The van der Waals surface area contributed by atoms with Crippen molar-refractivity contribution in [2.24, 2.45) is 4.99 Å². The summed E-state index contributed by atoms with van der Waals surface area (Å²) in [6, 6.07) is 12.2. The first-order valence-electron chi connectivity index (χ1n) is 8.32. The van der Waals surface area contributed by atoms with Crippen molar-refractivity contribution in [3.8, 4) is 5.75 Å². The second-order valence-electron chi connectivity index (χ2n) is 5.79. The molecule has 2 N–H and O–H groups in total. The van der Waals surface area contributed by atoms with E-state index in [9.17, 15) is 9.59 Å². The number of nitrogens with one attached hydrogen (secondary N) is 1. The fourth-order valence-electron chi connectivity index (χ4n) is 2.43. The van der Waals surface area contributed by atoms with Crippen molar-refractivity contribution in [3.63, 3.8) is 0 Å². The van der Waals surface area contributed by atoms with Gasteiger partial charge in [0.2, 0.25) is 0 Å². The number of carboxylic acid groups (broad SMARTS) is 1. The van der Waals surface area contributed by atoms with E-state index in [1.54, 1.807) is 12.1 Å². The first-order chi connectivity index (χ1) is 13.0. The fraction of sp³-hybridized carbons (Fsp3) is 0.150. The van der Waals surface area contributed by atoms with Gasteiger partial charge in [0.25, 0.3) is 5.91 Å². The maximum atomic E-state index is 12.2. The van der Waals surface area contributed by atoms with Crippen LogP contribution in [0.4, 0.5) is 5.69 Å². The summed E-state index contributed by atoms with van der Waals surface area (Å²) in [6.07, 6.45) is 1.78. The fourth-order valence-corrected chi connectivity index (χ4v) is 3.27. The third-order valence-corrected chi connectivity index (χ3v) is 4.73. The molecular weight excluding hydrogens is 364 g/mol. The topological polar surface area (TPSA) is 88.0 Å². The number of amidine groups is 1. The predicted molar refractivity (Wildman–Crippen MR) is 107 cm³/mol. The number of carboxylic acids is 1. The number of aliphatic imine (C=N–C) groups is 1. The average molecular weight is 382 g/mol. The van der Waals surface area contributed by atoms with Crippen LogP contribution in [-0.2, 0) is 4.79 Å². The highest BCUT2D eigenvalue weighted by molar-refractivity contribution is 8.18. The van der Waals surface area contributed by atoms with E-state index in [4.69, 9.17) is 9.84 Å². The third-order valence-electron chi connectivity index (χ3n) is 3.82. The second kappa shape index (κ2) is 8.09. The van der Waals surface area contributed by atoms with Gasteiger partial charge >= 0.3 is 5.97 Å². The second-order valence-corrected chi connectivity index (χ2v) is 6.82. The highest BCUT2D eigenvalue weighted by Crippen LogP contribution is 2.30. The van der Waals surface area contributed by atoms with Gasteiger partial charge in [0.1, 0.15) is 5.75 Å². The molecule has 2 aromatic rings. The first kappa shape index (κ1) is 18.7. The van der Waals surface area contributed by atoms with Crippen molar-refractivity contribution in [3.05, 3.63) is 64.1 Å². The molecule has 1 amide bonds. The number of hydrogen-bond donors (Lipinski definition) is 2. The van der Waals surface area contributed by atoms with Gasteiger partial charge in [-0.1, -0.05) is 18.2 Å². The van der Waals surface area contributed by atoms with Gasteiger partial charge in [-0.05, 0) is 67.1 Å². The minimum Gasteiger partial charge on any atom is -0.494 e. The zero-order valence-corrected chi connectivity index (χ0v) is 15.7. The first-order valence-corrected chi connectivity index (χ1v) is 9.14. The van der Waals surface area contributed by atoms with Gasteiger partial charge in [-0.2, -0.15) is 0 Å². The Balaban J connectivity index is 1.82. The van der Waals surface area contributed by atoms with Gasteiger partial charge < -0.3 is 15.2 Å². The number of thioether (sulfide) groups is 1. The summed E-state index contributed by atoms with van der Waals surface area (Å²) in [5.74, 6) is -0.477. The molecular formula is C20H18N2O4S. The van der Waals surface area contributed by atoms with Crippen LogP contribution in [0.2, 0.25) is 0 Å². The van der Waals surface area contributed by atoms with Crippen LogP contribution in [0.25, 0.3) is 6.08 Å². The lowest BCUT2D eigenvalue weighted by molar-refractivity contribution is -0.115. The Kier molecular flexibility index (Phi) is 5.61. The third kappa shape index (κ3) is 4.57. The van der Waals surface area contributed by atoms with Crippen LogP contribution < -0.4 is 10.1 Å². The average Bonchev–Trinajstić information content (AvgIpc) is 2.98. The standard InChI is InChI=1S/C20H18N2O4S/c1-3-26-15-8-5-13(6-9-15)10-17-18(23)22-20(27-17)21-16-11-14(19(24)25)7-4-12(16)2/h4-11H,3H2,1-2H3,(H,24,25)(H,21,22,23). The van der Waals surface area contributed by atoms with Gasteiger partial charge in [0.05, 0.1) is 22.8 Å². The minimum atomic E-state index is -1.02. The van der Waals surface area contributed by atoms with Crippen LogP contribution >= 0.6 is 11.8 Å². The summed E-state index contributed by atoms with van der Waals surface area (Å²) in [5.41, 5.74) is 2.37. The maximum Gasteiger partial charge on any atom is 0.335 e. The van der Waals surface area contributed by atoms with E-state index in [2.05, 4.69) is 10.3 Å². The van der Waals surface area contributed by atoms with E-state index in [0.29, 0.717) is 22.4 Å². The lowest BCUT2D eigenvalue weighted by atomic mass is 10.1. The molecule has 1 aliphatic heterocycles. The van der Waals surface area contributed by atoms with Gasteiger partial charge in [-0.3, -0.25) is 4.79 Å². The van der Waals surface area contributed by atoms with Crippen molar-refractivity contribution in [2.75, 3.05) is 6.61 Å². The molecule has 27 heavy (non-hydrogen) atoms.